The van der Waals surface area contributed by atoms with Crippen molar-refractivity contribution in [1.29, 1.82) is 0 Å². The zero-order valence-electron chi connectivity index (χ0n) is 13.9. The van der Waals surface area contributed by atoms with Gasteiger partial charge in [-0.15, -0.1) is 0 Å². The summed E-state index contributed by atoms with van der Waals surface area (Å²) >= 11 is 6.32. The minimum absolute atomic E-state index is 0.0635. The van der Waals surface area contributed by atoms with E-state index in [4.69, 9.17) is 21.4 Å². The van der Waals surface area contributed by atoms with E-state index in [0.29, 0.717) is 31.3 Å². The van der Waals surface area contributed by atoms with Crippen LogP contribution in [0.25, 0.3) is 10.9 Å². The molecule has 1 N–H and O–H groups in total. The summed E-state index contributed by atoms with van der Waals surface area (Å²) in [5.41, 5.74) is 1.94. The molecule has 134 valence electrons. The van der Waals surface area contributed by atoms with Crippen LogP contribution in [0, 0.1) is 0 Å². The number of aromatic nitrogens is 2. The van der Waals surface area contributed by atoms with Gasteiger partial charge in [-0.1, -0.05) is 11.6 Å². The molecular weight excluding hydrogens is 344 g/mol. The van der Waals surface area contributed by atoms with Crippen molar-refractivity contribution in [3.8, 4) is 0 Å². The van der Waals surface area contributed by atoms with Crippen molar-refractivity contribution in [3.63, 3.8) is 0 Å². The molecule has 1 atom stereocenters. The van der Waals surface area contributed by atoms with E-state index < -0.39 is 6.09 Å². The predicted molar refractivity (Wildman–Crippen MR) is 95.6 cm³/mol. The van der Waals surface area contributed by atoms with Crippen LogP contribution in [-0.4, -0.2) is 65.3 Å². The number of carbonyl (C=O) groups is 1. The summed E-state index contributed by atoms with van der Waals surface area (Å²) in [5, 5.41) is 15.7. The molecule has 2 aromatic rings. The number of fused-ring (bicyclic) bond motifs is 1. The fourth-order valence-corrected chi connectivity index (χ4v) is 3.90. The fraction of sp³-hybridized carbons (Fsp3) is 0.529. The van der Waals surface area contributed by atoms with Crippen molar-refractivity contribution >= 4 is 34.3 Å². The summed E-state index contributed by atoms with van der Waals surface area (Å²) in [5.74, 6) is 0. The number of halogens is 1. The number of nitrogens with zero attached hydrogens (tertiary/aromatic N) is 4. The average molecular weight is 365 g/mol. The van der Waals surface area contributed by atoms with Crippen LogP contribution in [-0.2, 0) is 4.74 Å². The summed E-state index contributed by atoms with van der Waals surface area (Å²) in [6.07, 6.45) is 2.91. The van der Waals surface area contributed by atoms with Crippen LogP contribution >= 0.6 is 11.6 Å². The number of piperidine rings is 1. The SMILES string of the molecule is O=C(O)N1CCCC(n2cc3cc(Cl)cc(N4CCOCC4)c3n2)C1. The number of ether oxygens (including phenoxy) is 1. The minimum Gasteiger partial charge on any atom is -0.465 e. The first-order valence-electron chi connectivity index (χ1n) is 8.61. The molecule has 1 aromatic heterocycles. The van der Waals surface area contributed by atoms with E-state index in [1.807, 2.05) is 23.0 Å². The molecule has 2 saturated heterocycles. The lowest BCUT2D eigenvalue weighted by molar-refractivity contribution is 0.119. The molecule has 4 rings (SSSR count). The second kappa shape index (κ2) is 6.72. The normalized spacial score (nSPS) is 21.7. The first-order valence-corrected chi connectivity index (χ1v) is 8.98. The van der Waals surface area contributed by atoms with Gasteiger partial charge in [-0.25, -0.2) is 4.79 Å². The quantitative estimate of drug-likeness (QED) is 0.887. The Kier molecular flexibility index (Phi) is 4.43. The second-order valence-electron chi connectivity index (χ2n) is 6.60. The van der Waals surface area contributed by atoms with Gasteiger partial charge in [0.15, 0.2) is 0 Å². The summed E-state index contributed by atoms with van der Waals surface area (Å²) < 4.78 is 7.35. The van der Waals surface area contributed by atoms with Crippen LogP contribution in [0.2, 0.25) is 5.02 Å². The molecule has 8 heteroatoms. The molecular formula is C17H21ClN4O3. The Balaban J connectivity index is 1.68. The molecule has 1 aromatic carbocycles. The van der Waals surface area contributed by atoms with Gasteiger partial charge in [0.25, 0.3) is 0 Å². The lowest BCUT2D eigenvalue weighted by Gasteiger charge is -2.31. The topological polar surface area (TPSA) is 70.8 Å². The van der Waals surface area contributed by atoms with Gasteiger partial charge in [-0.2, -0.15) is 5.10 Å². The largest absolute Gasteiger partial charge is 0.465 e. The van der Waals surface area contributed by atoms with E-state index in [-0.39, 0.29) is 6.04 Å². The Morgan fingerprint density at radius 1 is 1.28 bits per heavy atom. The van der Waals surface area contributed by atoms with E-state index >= 15 is 0 Å². The molecule has 25 heavy (non-hydrogen) atoms. The van der Waals surface area contributed by atoms with Crippen LogP contribution in [0.4, 0.5) is 10.5 Å². The van der Waals surface area contributed by atoms with E-state index in [9.17, 15) is 9.90 Å². The van der Waals surface area contributed by atoms with Crippen LogP contribution in [0.3, 0.4) is 0 Å². The first-order chi connectivity index (χ1) is 12.1. The first kappa shape index (κ1) is 16.5. The molecule has 0 aliphatic carbocycles. The maximum absolute atomic E-state index is 11.3. The highest BCUT2D eigenvalue weighted by Crippen LogP contribution is 2.32. The van der Waals surface area contributed by atoms with Crippen molar-refractivity contribution in [2.75, 3.05) is 44.3 Å². The third-order valence-electron chi connectivity index (χ3n) is 4.96. The molecule has 0 bridgehead atoms. The van der Waals surface area contributed by atoms with Gasteiger partial charge >= 0.3 is 6.09 Å². The Morgan fingerprint density at radius 3 is 2.84 bits per heavy atom. The molecule has 1 unspecified atom stereocenters. The Hall–Kier alpha value is -1.99. The van der Waals surface area contributed by atoms with E-state index in [0.717, 1.165) is 42.5 Å². The third kappa shape index (κ3) is 3.26. The molecule has 2 fully saturated rings. The van der Waals surface area contributed by atoms with Crippen molar-refractivity contribution in [1.82, 2.24) is 14.7 Å². The predicted octanol–water partition coefficient (Wildman–Crippen LogP) is 2.84. The van der Waals surface area contributed by atoms with E-state index in [1.165, 1.54) is 4.90 Å². The number of likely N-dealkylation sites (tertiary alicyclic amines) is 1. The molecule has 0 spiro atoms. The zero-order valence-corrected chi connectivity index (χ0v) is 14.7. The van der Waals surface area contributed by atoms with Crippen molar-refractivity contribution in [3.05, 3.63) is 23.4 Å². The van der Waals surface area contributed by atoms with Crippen LogP contribution in [0.15, 0.2) is 18.3 Å². The summed E-state index contributed by atoms with van der Waals surface area (Å²) in [4.78, 5) is 15.0. The molecule has 7 nitrogen and oxygen atoms in total. The van der Waals surface area contributed by atoms with E-state index in [2.05, 4.69) is 4.90 Å². The maximum Gasteiger partial charge on any atom is 0.407 e. The smallest absolute Gasteiger partial charge is 0.407 e. The highest BCUT2D eigenvalue weighted by atomic mass is 35.5. The number of morpholine rings is 1. The molecule has 3 heterocycles. The summed E-state index contributed by atoms with van der Waals surface area (Å²) in [6, 6.07) is 3.94. The summed E-state index contributed by atoms with van der Waals surface area (Å²) in [7, 11) is 0. The number of benzene rings is 1. The highest BCUT2D eigenvalue weighted by molar-refractivity contribution is 6.31. The second-order valence-corrected chi connectivity index (χ2v) is 7.03. The lowest BCUT2D eigenvalue weighted by atomic mass is 10.1. The van der Waals surface area contributed by atoms with Gasteiger partial charge in [-0.05, 0) is 25.0 Å². The van der Waals surface area contributed by atoms with Crippen molar-refractivity contribution in [2.45, 2.75) is 18.9 Å². The lowest BCUT2D eigenvalue weighted by Crippen LogP contribution is -2.40. The number of anilines is 1. The van der Waals surface area contributed by atoms with E-state index in [1.54, 1.807) is 0 Å². The standard InChI is InChI=1S/C17H21ClN4O3/c18-13-8-12-10-22(14-2-1-3-21(11-14)17(23)24)19-16(12)15(9-13)20-4-6-25-7-5-20/h8-10,14H,1-7,11H2,(H,23,24). The highest BCUT2D eigenvalue weighted by Gasteiger charge is 2.26. The molecule has 0 saturated carbocycles. The molecule has 0 radical (unpaired) electrons. The third-order valence-corrected chi connectivity index (χ3v) is 5.18. The van der Waals surface area contributed by atoms with Crippen LogP contribution in [0.5, 0.6) is 0 Å². The van der Waals surface area contributed by atoms with Gasteiger partial charge in [0.05, 0.1) is 24.9 Å². The van der Waals surface area contributed by atoms with Crippen molar-refractivity contribution in [2.24, 2.45) is 0 Å². The van der Waals surface area contributed by atoms with Crippen molar-refractivity contribution < 1.29 is 14.6 Å². The average Bonchev–Trinajstić information content (AvgIpc) is 3.05. The fourth-order valence-electron chi connectivity index (χ4n) is 3.68. The monoisotopic (exact) mass is 364 g/mol. The number of hydrogen-bond acceptors (Lipinski definition) is 4. The number of hydrogen-bond donors (Lipinski definition) is 1. The van der Waals surface area contributed by atoms with Gasteiger partial charge in [0.1, 0.15) is 5.52 Å². The van der Waals surface area contributed by atoms with Crippen LogP contribution in [0.1, 0.15) is 18.9 Å². The zero-order chi connectivity index (χ0) is 17.4. The Morgan fingerprint density at radius 2 is 2.08 bits per heavy atom. The van der Waals surface area contributed by atoms with Gasteiger partial charge in [0.2, 0.25) is 0 Å². The van der Waals surface area contributed by atoms with Gasteiger partial charge in [0, 0.05) is 42.8 Å². The Bertz CT molecular complexity index is 788. The molecule has 2 aliphatic heterocycles. The molecule has 1 amide bonds. The minimum atomic E-state index is -0.863. The number of carboxylic acid groups (broad SMARTS) is 1. The van der Waals surface area contributed by atoms with Crippen LogP contribution < -0.4 is 4.90 Å². The number of amides is 1. The van der Waals surface area contributed by atoms with Gasteiger partial charge < -0.3 is 19.6 Å². The molecule has 2 aliphatic rings. The number of rotatable bonds is 2. The summed E-state index contributed by atoms with van der Waals surface area (Å²) in [6.45, 7) is 4.11. The Labute approximate surface area is 150 Å². The van der Waals surface area contributed by atoms with Gasteiger partial charge in [-0.3, -0.25) is 4.68 Å². The maximum atomic E-state index is 11.3.